The summed E-state index contributed by atoms with van der Waals surface area (Å²) in [5, 5.41) is 6.82. The molecule has 7 heteroatoms. The molecule has 0 spiro atoms. The van der Waals surface area contributed by atoms with E-state index in [1.54, 1.807) is 0 Å². The number of nitrogens with zero attached hydrogens (tertiary/aromatic N) is 1. The van der Waals surface area contributed by atoms with Gasteiger partial charge in [0.1, 0.15) is 0 Å². The number of benzene rings is 1. The fourth-order valence-corrected chi connectivity index (χ4v) is 2.64. The van der Waals surface area contributed by atoms with Gasteiger partial charge >= 0.3 is 6.18 Å². The van der Waals surface area contributed by atoms with Crippen molar-refractivity contribution in [2.45, 2.75) is 38.8 Å². The molecule has 1 atom stereocenters. The molecule has 0 amide bonds. The maximum Gasteiger partial charge on any atom is 0.418 e. The molecule has 0 aromatic heterocycles. The van der Waals surface area contributed by atoms with Crippen molar-refractivity contribution in [3.8, 4) is 0 Å². The number of thiocarbonyl (C=S) groups is 1. The van der Waals surface area contributed by atoms with Crippen molar-refractivity contribution in [2.75, 3.05) is 5.32 Å². The van der Waals surface area contributed by atoms with Crippen LogP contribution in [0.4, 0.5) is 18.9 Å². The molecule has 1 saturated carbocycles. The van der Waals surface area contributed by atoms with Crippen molar-refractivity contribution in [1.29, 1.82) is 0 Å². The highest BCUT2D eigenvalue weighted by atomic mass is 32.1. The number of alkyl halides is 3. The molecule has 0 radical (unpaired) electrons. The maximum absolute atomic E-state index is 12.9. The van der Waals surface area contributed by atoms with Crippen molar-refractivity contribution in [1.82, 2.24) is 5.43 Å². The van der Waals surface area contributed by atoms with Crippen LogP contribution in [0.3, 0.4) is 0 Å². The Kier molecular flexibility index (Phi) is 5.39. The van der Waals surface area contributed by atoms with Gasteiger partial charge in [-0.1, -0.05) is 19.1 Å². The Morgan fingerprint density at radius 2 is 2.05 bits per heavy atom. The highest BCUT2D eigenvalue weighted by Crippen LogP contribution is 2.34. The van der Waals surface area contributed by atoms with E-state index in [1.165, 1.54) is 24.6 Å². The number of hydrogen-bond donors (Lipinski definition) is 2. The average molecular weight is 329 g/mol. The summed E-state index contributed by atoms with van der Waals surface area (Å²) in [5.74, 6) is 0.585. The van der Waals surface area contributed by atoms with Gasteiger partial charge < -0.3 is 5.32 Å². The number of para-hydroxylation sites is 1. The maximum atomic E-state index is 12.9. The lowest BCUT2D eigenvalue weighted by molar-refractivity contribution is -0.136. The topological polar surface area (TPSA) is 36.4 Å². The van der Waals surface area contributed by atoms with Gasteiger partial charge in [-0.25, -0.2) is 0 Å². The molecule has 3 nitrogen and oxygen atoms in total. The normalized spacial score (nSPS) is 20.7. The molecule has 0 bridgehead atoms. The van der Waals surface area contributed by atoms with Gasteiger partial charge in [0, 0.05) is 5.71 Å². The van der Waals surface area contributed by atoms with Gasteiger partial charge in [0.25, 0.3) is 0 Å². The zero-order chi connectivity index (χ0) is 16.2. The highest BCUT2D eigenvalue weighted by Gasteiger charge is 2.33. The van der Waals surface area contributed by atoms with E-state index < -0.39 is 11.7 Å². The molecule has 1 aliphatic rings. The smallest absolute Gasteiger partial charge is 0.331 e. The summed E-state index contributed by atoms with van der Waals surface area (Å²) in [6.07, 6.45) is -0.364. The minimum Gasteiger partial charge on any atom is -0.331 e. The van der Waals surface area contributed by atoms with Crippen LogP contribution in [0.15, 0.2) is 29.4 Å². The van der Waals surface area contributed by atoms with Gasteiger partial charge in [0.2, 0.25) is 0 Å². The molecular weight excluding hydrogens is 311 g/mol. The van der Waals surface area contributed by atoms with Gasteiger partial charge in [0.05, 0.1) is 11.3 Å². The summed E-state index contributed by atoms with van der Waals surface area (Å²) in [7, 11) is 0. The largest absolute Gasteiger partial charge is 0.418 e. The molecule has 2 N–H and O–H groups in total. The third kappa shape index (κ3) is 4.69. The van der Waals surface area contributed by atoms with Gasteiger partial charge in [0.15, 0.2) is 5.11 Å². The van der Waals surface area contributed by atoms with Crippen LogP contribution in [0.25, 0.3) is 0 Å². The summed E-state index contributed by atoms with van der Waals surface area (Å²) in [4.78, 5) is 0. The van der Waals surface area contributed by atoms with Gasteiger partial charge in [-0.05, 0) is 56.0 Å². The number of rotatable bonds is 2. The summed E-state index contributed by atoms with van der Waals surface area (Å²) in [5.41, 5.74) is 2.82. The van der Waals surface area contributed by atoms with Crippen LogP contribution < -0.4 is 10.7 Å². The second-order valence-electron chi connectivity index (χ2n) is 5.49. The number of hydrogen-bond acceptors (Lipinski definition) is 2. The van der Waals surface area contributed by atoms with Crippen molar-refractivity contribution in [3.05, 3.63) is 29.8 Å². The third-order valence-electron chi connectivity index (χ3n) is 3.54. The van der Waals surface area contributed by atoms with Gasteiger partial charge in [-0.15, -0.1) is 0 Å². The van der Waals surface area contributed by atoms with Crippen molar-refractivity contribution in [2.24, 2.45) is 11.0 Å². The Labute approximate surface area is 133 Å². The highest BCUT2D eigenvalue weighted by molar-refractivity contribution is 7.80. The first-order valence-electron chi connectivity index (χ1n) is 7.15. The summed E-state index contributed by atoms with van der Waals surface area (Å²) in [6.45, 7) is 2.16. The molecule has 1 aromatic rings. The Bertz CT molecular complexity index is 569. The van der Waals surface area contributed by atoms with Crippen molar-refractivity contribution in [3.63, 3.8) is 0 Å². The fourth-order valence-electron chi connectivity index (χ4n) is 2.48. The van der Waals surface area contributed by atoms with Crippen LogP contribution in [0.1, 0.15) is 38.2 Å². The number of nitrogens with one attached hydrogen (secondary N) is 2. The molecule has 2 rings (SSSR count). The predicted octanol–water partition coefficient (Wildman–Crippen LogP) is 4.56. The van der Waals surface area contributed by atoms with E-state index in [9.17, 15) is 13.2 Å². The van der Waals surface area contributed by atoms with Crippen LogP contribution in [-0.4, -0.2) is 10.8 Å². The molecule has 120 valence electrons. The van der Waals surface area contributed by atoms with Crippen LogP contribution in [0.2, 0.25) is 0 Å². The van der Waals surface area contributed by atoms with Crippen LogP contribution in [-0.2, 0) is 6.18 Å². The zero-order valence-corrected chi connectivity index (χ0v) is 13.0. The second-order valence-corrected chi connectivity index (χ2v) is 5.90. The standard InChI is InChI=1S/C15H18F3N3S/c1-10-5-4-6-11(9-10)20-21-14(22)19-13-8-3-2-7-12(13)15(16,17)18/h2-3,7-8,10H,4-6,9H2,1H3,(H2,19,21,22)/b20-11-/t10-/m1/s1. The molecule has 1 aliphatic carbocycles. The molecule has 0 saturated heterocycles. The third-order valence-corrected chi connectivity index (χ3v) is 3.74. The second kappa shape index (κ2) is 7.09. The van der Waals surface area contributed by atoms with E-state index in [0.29, 0.717) is 5.92 Å². The van der Waals surface area contributed by atoms with Crippen LogP contribution in [0.5, 0.6) is 0 Å². The van der Waals surface area contributed by atoms with E-state index >= 15 is 0 Å². The van der Waals surface area contributed by atoms with Crippen LogP contribution >= 0.6 is 12.2 Å². The number of anilines is 1. The van der Waals surface area contributed by atoms with E-state index in [4.69, 9.17) is 12.2 Å². The monoisotopic (exact) mass is 329 g/mol. The molecular formula is C15H18F3N3S. The molecule has 0 heterocycles. The average Bonchev–Trinajstić information content (AvgIpc) is 2.45. The number of halogens is 3. The lowest BCUT2D eigenvalue weighted by atomic mass is 9.89. The lowest BCUT2D eigenvalue weighted by Crippen LogP contribution is -2.27. The minimum absolute atomic E-state index is 0.0578. The first kappa shape index (κ1) is 16.7. The first-order chi connectivity index (χ1) is 10.4. The summed E-state index contributed by atoms with van der Waals surface area (Å²) >= 11 is 5.02. The fraction of sp³-hybridized carbons (Fsp3) is 0.467. The zero-order valence-electron chi connectivity index (χ0n) is 12.2. The molecule has 1 fully saturated rings. The Morgan fingerprint density at radius 1 is 1.32 bits per heavy atom. The molecule has 0 unspecified atom stereocenters. The molecule has 22 heavy (non-hydrogen) atoms. The van der Waals surface area contributed by atoms with E-state index in [2.05, 4.69) is 22.8 Å². The molecule has 1 aromatic carbocycles. The van der Waals surface area contributed by atoms with E-state index in [-0.39, 0.29) is 10.8 Å². The predicted molar refractivity (Wildman–Crippen MR) is 85.9 cm³/mol. The Morgan fingerprint density at radius 3 is 2.73 bits per heavy atom. The Balaban J connectivity index is 1.99. The van der Waals surface area contributed by atoms with Crippen molar-refractivity contribution >= 4 is 28.7 Å². The summed E-state index contributed by atoms with van der Waals surface area (Å²) < 4.78 is 38.7. The number of hydrazone groups is 1. The molecule has 0 aliphatic heterocycles. The Hall–Kier alpha value is -1.63. The van der Waals surface area contributed by atoms with Gasteiger partial charge in [-0.3, -0.25) is 5.43 Å². The summed E-state index contributed by atoms with van der Waals surface area (Å²) in [6, 6.07) is 5.22. The van der Waals surface area contributed by atoms with Gasteiger partial charge in [-0.2, -0.15) is 18.3 Å². The minimum atomic E-state index is -4.43. The van der Waals surface area contributed by atoms with Crippen LogP contribution in [0, 0.1) is 5.92 Å². The SMILES string of the molecule is C[C@@H]1CCC/C(=N/NC(=S)Nc2ccccc2C(F)(F)F)C1. The lowest BCUT2D eigenvalue weighted by Gasteiger charge is -2.19. The van der Waals surface area contributed by atoms with E-state index in [0.717, 1.165) is 31.0 Å². The first-order valence-corrected chi connectivity index (χ1v) is 7.55. The van der Waals surface area contributed by atoms with Crippen molar-refractivity contribution < 1.29 is 13.2 Å². The van der Waals surface area contributed by atoms with E-state index in [1.807, 2.05) is 0 Å². The quantitative estimate of drug-likeness (QED) is 0.617.